The molecule has 0 aliphatic heterocycles. The zero-order valence-corrected chi connectivity index (χ0v) is 10.5. The van der Waals surface area contributed by atoms with Crippen molar-refractivity contribution in [2.24, 2.45) is 0 Å². The van der Waals surface area contributed by atoms with Crippen LogP contribution in [0, 0.1) is 27.7 Å². The normalized spacial score (nSPS) is 10.6. The second-order valence-corrected chi connectivity index (χ2v) is 4.23. The smallest absolute Gasteiger partial charge is 0.198 e. The SMILES string of the molecule is Cc1ccc(C(=O)c2c(C)oc(C)c2C)cn1. The van der Waals surface area contributed by atoms with Gasteiger partial charge in [-0.1, -0.05) is 0 Å². The van der Waals surface area contributed by atoms with Crippen molar-refractivity contribution >= 4 is 5.78 Å². The first-order valence-electron chi connectivity index (χ1n) is 5.54. The van der Waals surface area contributed by atoms with Gasteiger partial charge in [-0.05, 0) is 39.8 Å². The Hall–Kier alpha value is -1.90. The minimum atomic E-state index is -0.0237. The van der Waals surface area contributed by atoms with Crippen LogP contribution in [-0.2, 0) is 0 Å². The van der Waals surface area contributed by atoms with Crippen LogP contribution >= 0.6 is 0 Å². The lowest BCUT2D eigenvalue weighted by atomic mass is 10.0. The Kier molecular flexibility index (Phi) is 2.84. The number of furan rings is 1. The summed E-state index contributed by atoms with van der Waals surface area (Å²) in [4.78, 5) is 16.5. The molecule has 17 heavy (non-hydrogen) atoms. The number of ketones is 1. The molecule has 0 bridgehead atoms. The van der Waals surface area contributed by atoms with Crippen molar-refractivity contribution in [1.82, 2.24) is 4.98 Å². The Bertz CT molecular complexity index is 565. The van der Waals surface area contributed by atoms with Crippen molar-refractivity contribution in [2.75, 3.05) is 0 Å². The van der Waals surface area contributed by atoms with E-state index in [-0.39, 0.29) is 5.78 Å². The van der Waals surface area contributed by atoms with Crippen molar-refractivity contribution in [3.8, 4) is 0 Å². The van der Waals surface area contributed by atoms with Gasteiger partial charge in [0.15, 0.2) is 5.78 Å². The van der Waals surface area contributed by atoms with Crippen LogP contribution in [0.4, 0.5) is 0 Å². The molecule has 2 aromatic rings. The van der Waals surface area contributed by atoms with Crippen molar-refractivity contribution in [2.45, 2.75) is 27.7 Å². The van der Waals surface area contributed by atoms with E-state index in [4.69, 9.17) is 4.42 Å². The zero-order chi connectivity index (χ0) is 12.6. The van der Waals surface area contributed by atoms with E-state index in [1.807, 2.05) is 33.8 Å². The number of aromatic nitrogens is 1. The van der Waals surface area contributed by atoms with Gasteiger partial charge in [-0.25, -0.2) is 0 Å². The Morgan fingerprint density at radius 2 is 1.82 bits per heavy atom. The Labute approximate surface area is 100 Å². The van der Waals surface area contributed by atoms with Gasteiger partial charge >= 0.3 is 0 Å². The molecule has 0 spiro atoms. The van der Waals surface area contributed by atoms with Crippen LogP contribution < -0.4 is 0 Å². The maximum Gasteiger partial charge on any atom is 0.198 e. The number of hydrogen-bond donors (Lipinski definition) is 0. The van der Waals surface area contributed by atoms with Gasteiger partial charge in [0.1, 0.15) is 11.5 Å². The summed E-state index contributed by atoms with van der Waals surface area (Å²) in [5.74, 6) is 1.45. The second-order valence-electron chi connectivity index (χ2n) is 4.23. The average Bonchev–Trinajstić information content (AvgIpc) is 2.53. The third-order valence-corrected chi connectivity index (χ3v) is 2.96. The summed E-state index contributed by atoms with van der Waals surface area (Å²) >= 11 is 0. The molecule has 0 aromatic carbocycles. The first kappa shape index (κ1) is 11.6. The average molecular weight is 229 g/mol. The van der Waals surface area contributed by atoms with Gasteiger partial charge in [0, 0.05) is 23.0 Å². The highest BCUT2D eigenvalue weighted by Gasteiger charge is 2.19. The maximum absolute atomic E-state index is 12.3. The fraction of sp³-hybridized carbons (Fsp3) is 0.286. The lowest BCUT2D eigenvalue weighted by Crippen LogP contribution is -2.04. The summed E-state index contributed by atoms with van der Waals surface area (Å²) in [7, 11) is 0. The van der Waals surface area contributed by atoms with E-state index < -0.39 is 0 Å². The fourth-order valence-electron chi connectivity index (χ4n) is 1.87. The maximum atomic E-state index is 12.3. The topological polar surface area (TPSA) is 43.1 Å². The molecule has 0 aliphatic rings. The van der Waals surface area contributed by atoms with Gasteiger partial charge < -0.3 is 4.42 Å². The molecule has 0 amide bonds. The van der Waals surface area contributed by atoms with E-state index in [1.54, 1.807) is 12.3 Å². The molecule has 0 atom stereocenters. The molecular weight excluding hydrogens is 214 g/mol. The minimum absolute atomic E-state index is 0.0237. The lowest BCUT2D eigenvalue weighted by Gasteiger charge is -2.01. The molecule has 88 valence electrons. The van der Waals surface area contributed by atoms with Crippen LogP contribution in [0.25, 0.3) is 0 Å². The van der Waals surface area contributed by atoms with E-state index >= 15 is 0 Å². The highest BCUT2D eigenvalue weighted by molar-refractivity contribution is 6.10. The largest absolute Gasteiger partial charge is 0.466 e. The van der Waals surface area contributed by atoms with Crippen LogP contribution in [0.5, 0.6) is 0 Å². The number of nitrogens with zero attached hydrogens (tertiary/aromatic N) is 1. The predicted molar refractivity (Wildman–Crippen MR) is 65.3 cm³/mol. The van der Waals surface area contributed by atoms with E-state index in [9.17, 15) is 4.79 Å². The summed E-state index contributed by atoms with van der Waals surface area (Å²) in [5.41, 5.74) is 3.07. The second kappa shape index (κ2) is 4.17. The molecular formula is C14H15NO2. The fourth-order valence-corrected chi connectivity index (χ4v) is 1.87. The summed E-state index contributed by atoms with van der Waals surface area (Å²) in [5, 5.41) is 0. The van der Waals surface area contributed by atoms with Crippen LogP contribution in [0.2, 0.25) is 0 Å². The van der Waals surface area contributed by atoms with Gasteiger partial charge in [-0.3, -0.25) is 9.78 Å². The Morgan fingerprint density at radius 1 is 1.12 bits per heavy atom. The minimum Gasteiger partial charge on any atom is -0.466 e. The standard InChI is InChI=1S/C14H15NO2/c1-8-5-6-12(7-15-8)14(16)13-9(2)10(3)17-11(13)4/h5-7H,1-4H3. The number of hydrogen-bond acceptors (Lipinski definition) is 3. The summed E-state index contributed by atoms with van der Waals surface area (Å²) < 4.78 is 5.47. The first-order valence-corrected chi connectivity index (χ1v) is 5.54. The predicted octanol–water partition coefficient (Wildman–Crippen LogP) is 3.14. The summed E-state index contributed by atoms with van der Waals surface area (Å²) in [6.07, 6.45) is 1.61. The molecule has 2 aromatic heterocycles. The number of carbonyl (C=O) groups excluding carboxylic acids is 1. The van der Waals surface area contributed by atoms with Crippen molar-refractivity contribution in [3.05, 3.63) is 52.2 Å². The van der Waals surface area contributed by atoms with Crippen LogP contribution in [-0.4, -0.2) is 10.8 Å². The van der Waals surface area contributed by atoms with E-state index in [0.29, 0.717) is 16.9 Å². The number of carbonyl (C=O) groups is 1. The van der Waals surface area contributed by atoms with E-state index in [2.05, 4.69) is 4.98 Å². The molecule has 0 saturated carbocycles. The van der Waals surface area contributed by atoms with Gasteiger partial charge in [0.05, 0.1) is 5.56 Å². The van der Waals surface area contributed by atoms with E-state index in [0.717, 1.165) is 17.0 Å². The van der Waals surface area contributed by atoms with Crippen LogP contribution in [0.1, 0.15) is 38.7 Å². The first-order chi connectivity index (χ1) is 8.00. The molecule has 0 radical (unpaired) electrons. The number of aryl methyl sites for hydroxylation is 3. The Morgan fingerprint density at radius 3 is 2.29 bits per heavy atom. The molecule has 3 nitrogen and oxygen atoms in total. The summed E-state index contributed by atoms with van der Waals surface area (Å²) in [6.45, 7) is 7.48. The number of rotatable bonds is 2. The Balaban J connectivity index is 2.47. The third-order valence-electron chi connectivity index (χ3n) is 2.96. The van der Waals surface area contributed by atoms with Crippen molar-refractivity contribution in [1.29, 1.82) is 0 Å². The lowest BCUT2D eigenvalue weighted by molar-refractivity contribution is 0.103. The molecule has 0 fully saturated rings. The quantitative estimate of drug-likeness (QED) is 0.743. The zero-order valence-electron chi connectivity index (χ0n) is 10.5. The van der Waals surface area contributed by atoms with Crippen molar-refractivity contribution < 1.29 is 9.21 Å². The summed E-state index contributed by atoms with van der Waals surface area (Å²) in [6, 6.07) is 3.64. The number of pyridine rings is 1. The van der Waals surface area contributed by atoms with Crippen LogP contribution in [0.3, 0.4) is 0 Å². The van der Waals surface area contributed by atoms with Gasteiger partial charge in [0.2, 0.25) is 0 Å². The molecule has 0 saturated heterocycles. The highest BCUT2D eigenvalue weighted by Crippen LogP contribution is 2.23. The monoisotopic (exact) mass is 229 g/mol. The molecule has 2 rings (SSSR count). The molecule has 0 N–H and O–H groups in total. The molecule has 0 aliphatic carbocycles. The van der Waals surface area contributed by atoms with Gasteiger partial charge in [-0.2, -0.15) is 0 Å². The highest BCUT2D eigenvalue weighted by atomic mass is 16.3. The van der Waals surface area contributed by atoms with Gasteiger partial charge in [0.25, 0.3) is 0 Å². The van der Waals surface area contributed by atoms with Crippen LogP contribution in [0.15, 0.2) is 22.7 Å². The molecule has 0 unspecified atom stereocenters. The third kappa shape index (κ3) is 2.00. The van der Waals surface area contributed by atoms with Crippen molar-refractivity contribution in [3.63, 3.8) is 0 Å². The molecule has 3 heteroatoms. The van der Waals surface area contributed by atoms with E-state index in [1.165, 1.54) is 0 Å². The van der Waals surface area contributed by atoms with Gasteiger partial charge in [-0.15, -0.1) is 0 Å². The molecule has 2 heterocycles.